The van der Waals surface area contributed by atoms with E-state index in [0.29, 0.717) is 44.9 Å². The summed E-state index contributed by atoms with van der Waals surface area (Å²) in [7, 11) is -3.38. The average Bonchev–Trinajstić information content (AvgIpc) is 3.38. The summed E-state index contributed by atoms with van der Waals surface area (Å²) < 4.78 is 52.9. The Kier molecular flexibility index (Phi) is 10.9. The van der Waals surface area contributed by atoms with Crippen LogP contribution in [-0.4, -0.2) is 118 Å². The lowest BCUT2D eigenvalue weighted by molar-refractivity contribution is -0.264. The number of hydrogen-bond acceptors (Lipinski definition) is 12. The van der Waals surface area contributed by atoms with E-state index in [2.05, 4.69) is 18.0 Å². The Bertz CT molecular complexity index is 1200. The molecular formula is C33H58O13S. The molecule has 0 bridgehead atoms. The molecule has 17 atom stereocenters. The largest absolute Gasteiger partial charge is 0.397 e. The van der Waals surface area contributed by atoms with Gasteiger partial charge in [-0.15, -0.1) is 0 Å². The molecule has 0 amide bonds. The summed E-state index contributed by atoms with van der Waals surface area (Å²) in [5, 5.41) is 68.4. The number of methoxy groups -OCH3 is 1. The van der Waals surface area contributed by atoms with Gasteiger partial charge < -0.3 is 44.8 Å². The first kappa shape index (κ1) is 37.8. The number of rotatable bonds is 11. The summed E-state index contributed by atoms with van der Waals surface area (Å²) in [4.78, 5) is 0. The zero-order valence-corrected chi connectivity index (χ0v) is 29.3. The average molecular weight is 695 g/mol. The molecule has 5 rings (SSSR count). The Morgan fingerprint density at radius 1 is 0.936 bits per heavy atom. The minimum absolute atomic E-state index is 0.00267. The first-order valence-electron chi connectivity index (χ1n) is 17.4. The van der Waals surface area contributed by atoms with Crippen LogP contribution in [0.3, 0.4) is 0 Å². The van der Waals surface area contributed by atoms with Crippen LogP contribution in [0.15, 0.2) is 0 Å². The van der Waals surface area contributed by atoms with Gasteiger partial charge in [0.1, 0.15) is 18.3 Å². The van der Waals surface area contributed by atoms with Crippen molar-refractivity contribution in [3.63, 3.8) is 0 Å². The summed E-state index contributed by atoms with van der Waals surface area (Å²) in [6.45, 7) is 9.61. The predicted molar refractivity (Wildman–Crippen MR) is 168 cm³/mol. The van der Waals surface area contributed by atoms with E-state index < -0.39 is 89.1 Å². The summed E-state index contributed by atoms with van der Waals surface area (Å²) in [6, 6.07) is 0. The third kappa shape index (κ3) is 6.69. The summed E-state index contributed by atoms with van der Waals surface area (Å²) in [6.07, 6.45) is -3.73. The van der Waals surface area contributed by atoms with Crippen molar-refractivity contribution in [2.24, 2.45) is 46.3 Å². The van der Waals surface area contributed by atoms with Crippen LogP contribution in [0.2, 0.25) is 0 Å². The van der Waals surface area contributed by atoms with Crippen molar-refractivity contribution in [1.82, 2.24) is 0 Å². The molecule has 0 aromatic rings. The second-order valence-electron chi connectivity index (χ2n) is 16.3. The monoisotopic (exact) mass is 694 g/mol. The van der Waals surface area contributed by atoms with E-state index in [1.54, 1.807) is 0 Å². The molecule has 3 unspecified atom stereocenters. The maximum absolute atomic E-state index is 12.6. The second-order valence-corrected chi connectivity index (χ2v) is 17.4. The van der Waals surface area contributed by atoms with Gasteiger partial charge in [0.25, 0.3) is 0 Å². The molecule has 5 fully saturated rings. The molecule has 4 aliphatic carbocycles. The van der Waals surface area contributed by atoms with Crippen LogP contribution >= 0.6 is 0 Å². The molecule has 0 aromatic heterocycles. The van der Waals surface area contributed by atoms with E-state index in [4.69, 9.17) is 18.8 Å². The summed E-state index contributed by atoms with van der Waals surface area (Å²) >= 11 is 0. The van der Waals surface area contributed by atoms with E-state index in [1.807, 2.05) is 20.8 Å². The molecule has 7 N–H and O–H groups in total. The van der Waals surface area contributed by atoms with Gasteiger partial charge in [0.15, 0.2) is 6.29 Å². The van der Waals surface area contributed by atoms with Crippen molar-refractivity contribution in [2.45, 2.75) is 147 Å². The molecule has 0 spiro atoms. The molecule has 5 aliphatic rings. The molecule has 1 heterocycles. The van der Waals surface area contributed by atoms with E-state index in [0.717, 1.165) is 0 Å². The zero-order chi connectivity index (χ0) is 34.9. The van der Waals surface area contributed by atoms with Crippen molar-refractivity contribution in [3.05, 3.63) is 0 Å². The first-order valence-corrected chi connectivity index (χ1v) is 18.7. The minimum atomic E-state index is -4.72. The van der Waals surface area contributed by atoms with Gasteiger partial charge in [-0.3, -0.25) is 4.55 Å². The number of fused-ring (bicyclic) bond motifs is 5. The highest BCUT2D eigenvalue weighted by Crippen LogP contribution is 2.69. The molecule has 4 saturated carbocycles. The van der Waals surface area contributed by atoms with Gasteiger partial charge >= 0.3 is 10.4 Å². The summed E-state index contributed by atoms with van der Waals surface area (Å²) in [5.41, 5.74) is -2.33. The number of ether oxygens (including phenoxy) is 3. The minimum Gasteiger partial charge on any atom is -0.393 e. The lowest BCUT2D eigenvalue weighted by atomic mass is 9.42. The third-order valence-electron chi connectivity index (χ3n) is 13.3. The van der Waals surface area contributed by atoms with Gasteiger partial charge in [-0.1, -0.05) is 34.6 Å². The number of aliphatic hydroxyl groups is 6. The number of aliphatic hydroxyl groups excluding tert-OH is 5. The van der Waals surface area contributed by atoms with Gasteiger partial charge in [-0.2, -0.15) is 8.42 Å². The Morgan fingerprint density at radius 3 is 2.21 bits per heavy atom. The fourth-order valence-electron chi connectivity index (χ4n) is 11.2. The van der Waals surface area contributed by atoms with E-state index in [9.17, 15) is 39.1 Å². The molecule has 13 nitrogen and oxygen atoms in total. The Balaban J connectivity index is 1.29. The Morgan fingerprint density at radius 2 is 1.60 bits per heavy atom. The molecule has 47 heavy (non-hydrogen) atoms. The van der Waals surface area contributed by atoms with Crippen LogP contribution in [0.1, 0.15) is 86.0 Å². The molecule has 0 radical (unpaired) electrons. The van der Waals surface area contributed by atoms with Crippen LogP contribution in [0, 0.1) is 46.3 Å². The quantitative estimate of drug-likeness (QED) is 0.153. The summed E-state index contributed by atoms with van der Waals surface area (Å²) in [5.74, 6) is -1.33. The molecular weight excluding hydrogens is 636 g/mol. The van der Waals surface area contributed by atoms with Crippen LogP contribution in [0.25, 0.3) is 0 Å². The van der Waals surface area contributed by atoms with Gasteiger partial charge in [-0.05, 0) is 85.4 Å². The highest BCUT2D eigenvalue weighted by molar-refractivity contribution is 7.80. The van der Waals surface area contributed by atoms with Crippen LogP contribution in [-0.2, 0) is 28.8 Å². The lowest BCUT2D eigenvalue weighted by Gasteiger charge is -2.65. The lowest BCUT2D eigenvalue weighted by Crippen LogP contribution is -2.68. The van der Waals surface area contributed by atoms with Crippen molar-refractivity contribution in [3.8, 4) is 0 Å². The van der Waals surface area contributed by atoms with Crippen LogP contribution in [0.4, 0.5) is 0 Å². The molecule has 14 heteroatoms. The molecule has 274 valence electrons. The Labute approximate surface area is 278 Å². The van der Waals surface area contributed by atoms with E-state index >= 15 is 0 Å². The zero-order valence-electron chi connectivity index (χ0n) is 28.5. The molecule has 1 saturated heterocycles. The van der Waals surface area contributed by atoms with Gasteiger partial charge in [0, 0.05) is 19.4 Å². The fraction of sp³-hybridized carbons (Fsp3) is 1.00. The number of hydrogen-bond donors (Lipinski definition) is 7. The van der Waals surface area contributed by atoms with Gasteiger partial charge in [-0.25, -0.2) is 4.18 Å². The highest BCUT2D eigenvalue weighted by Gasteiger charge is 2.72. The SMILES string of the molecule is CO[C@H]1[C@H](O)[C@@H](O[C@@H](CC[C@@H](C)[C@H]2[C@@H](O)[C@@H](O)C3[C@]4(O)C[C@H](O)C5C[C@@H](O)CC[C@]5(C)C4CC[C@@]32C)C(C)C)O[C@H]1COS(=O)(=O)O. The second kappa shape index (κ2) is 13.6. The van der Waals surface area contributed by atoms with Crippen molar-refractivity contribution in [1.29, 1.82) is 0 Å². The van der Waals surface area contributed by atoms with E-state index in [1.165, 1.54) is 7.11 Å². The smallest absolute Gasteiger partial charge is 0.393 e. The molecule has 0 aromatic carbocycles. The standard InChI is InChI=1S/C33H58O13S/c1-16(2)21(45-30-27(38)28(43-6)22(46-30)15-44-47(40,41)42)8-7-17(3)24-25(36)26(37)29-32(24,5)12-10-23-31(4)11-9-18(34)13-19(31)20(35)14-33(23,29)39/h16-30,34-39H,7-15H2,1-6H3,(H,40,41,42)/t17-,18+,19?,20+,21+,22+,23?,24+,25-,26-,27+,28-,29?,30+,31+,32-,33+/m1/s1. The molecule has 1 aliphatic heterocycles. The van der Waals surface area contributed by atoms with Crippen molar-refractivity contribution >= 4 is 10.4 Å². The van der Waals surface area contributed by atoms with Gasteiger partial charge in [0.05, 0.1) is 42.7 Å². The first-order chi connectivity index (χ1) is 21.8. The van der Waals surface area contributed by atoms with Crippen LogP contribution in [0.5, 0.6) is 0 Å². The predicted octanol–water partition coefficient (Wildman–Crippen LogP) is 1.41. The maximum atomic E-state index is 12.6. The third-order valence-corrected chi connectivity index (χ3v) is 13.8. The van der Waals surface area contributed by atoms with Crippen LogP contribution < -0.4 is 0 Å². The van der Waals surface area contributed by atoms with Crippen molar-refractivity contribution in [2.75, 3.05) is 13.7 Å². The Hall–Kier alpha value is -0.490. The normalized spacial score (nSPS) is 49.7. The maximum Gasteiger partial charge on any atom is 0.397 e. The van der Waals surface area contributed by atoms with Gasteiger partial charge in [0.2, 0.25) is 0 Å². The van der Waals surface area contributed by atoms with Crippen molar-refractivity contribution < 1.29 is 62.0 Å². The fourth-order valence-corrected chi connectivity index (χ4v) is 11.6. The highest BCUT2D eigenvalue weighted by atomic mass is 32.3. The van der Waals surface area contributed by atoms with E-state index in [-0.39, 0.29) is 41.4 Å². The topological polar surface area (TPSA) is 213 Å².